The highest BCUT2D eigenvalue weighted by Gasteiger charge is 2.43. The van der Waals surface area contributed by atoms with Crippen LogP contribution in [0.2, 0.25) is 0 Å². The monoisotopic (exact) mass is 482 g/mol. The smallest absolute Gasteiger partial charge is 0.390 e. The zero-order valence-corrected chi connectivity index (χ0v) is 17.1. The molecule has 1 saturated heterocycles. The Balaban J connectivity index is 2.00. The fourth-order valence-corrected chi connectivity index (χ4v) is 5.34. The van der Waals surface area contributed by atoms with E-state index in [0.717, 1.165) is 10.8 Å². The van der Waals surface area contributed by atoms with E-state index in [4.69, 9.17) is 19.4 Å². The number of H-pyrrole nitrogens is 1. The predicted molar refractivity (Wildman–Crippen MR) is 89.4 cm³/mol. The molecule has 3 unspecified atom stereocenters. The Bertz CT molecular complexity index is 963. The Hall–Kier alpha value is -0.990. The molecule has 0 spiro atoms. The molecule has 0 bridgehead atoms. The lowest BCUT2D eigenvalue weighted by atomic mass is 10.2. The molecule has 29 heavy (non-hydrogen) atoms. The lowest BCUT2D eigenvalue weighted by molar-refractivity contribution is -0.0444. The number of nitrogens with zero attached hydrogens (tertiary/aromatic N) is 1. The van der Waals surface area contributed by atoms with Gasteiger partial charge in [-0.3, -0.25) is 13.9 Å². The number of imidazole rings is 1. The first kappa shape index (κ1) is 24.3. The number of hydrogen-bond acceptors (Lipinski definition) is 10. The number of ketones is 1. The molecule has 1 aliphatic heterocycles. The summed E-state index contributed by atoms with van der Waals surface area (Å²) in [5.41, 5.74) is -0.717. The normalized spacial score (nSPS) is 26.8. The molecule has 5 atom stereocenters. The van der Waals surface area contributed by atoms with Gasteiger partial charge in [-0.15, -0.1) is 0 Å². The van der Waals surface area contributed by atoms with E-state index in [-0.39, 0.29) is 12.1 Å². The van der Waals surface area contributed by atoms with Crippen molar-refractivity contribution >= 4 is 29.3 Å². The summed E-state index contributed by atoms with van der Waals surface area (Å²) in [4.78, 5) is 60.8. The van der Waals surface area contributed by atoms with Crippen molar-refractivity contribution in [3.63, 3.8) is 0 Å². The van der Waals surface area contributed by atoms with Crippen LogP contribution in [0.25, 0.3) is 0 Å². The molecule has 0 saturated carbocycles. The van der Waals surface area contributed by atoms with Gasteiger partial charge >= 0.3 is 29.2 Å². The molecule has 166 valence electrons. The van der Waals surface area contributed by atoms with E-state index < -0.39 is 60.0 Å². The summed E-state index contributed by atoms with van der Waals surface area (Å²) in [6.45, 7) is 0.339. The highest BCUT2D eigenvalue weighted by atomic mass is 31.3. The largest absolute Gasteiger partial charge is 0.490 e. The van der Waals surface area contributed by atoms with Crippen LogP contribution < -0.4 is 5.69 Å². The maximum absolute atomic E-state index is 11.9. The summed E-state index contributed by atoms with van der Waals surface area (Å²) in [5.74, 6) is -0.427. The summed E-state index contributed by atoms with van der Waals surface area (Å²) in [6.07, 6.45) is -2.68. The number of hydrogen-bond donors (Lipinski definition) is 6. The van der Waals surface area contributed by atoms with Crippen molar-refractivity contribution in [1.82, 2.24) is 9.55 Å². The summed E-state index contributed by atoms with van der Waals surface area (Å²) < 4.78 is 51.2. The second kappa shape index (κ2) is 8.63. The number of aliphatic hydroxyl groups excluding tert-OH is 1. The molecule has 1 aromatic heterocycles. The fraction of sp³-hybridized carbons (Fsp3) is 0.600. The minimum atomic E-state index is -5.67. The Morgan fingerprint density at radius 2 is 1.86 bits per heavy atom. The van der Waals surface area contributed by atoms with Crippen LogP contribution in [0.5, 0.6) is 0 Å². The van der Waals surface area contributed by atoms with Crippen molar-refractivity contribution in [3.8, 4) is 0 Å². The van der Waals surface area contributed by atoms with E-state index >= 15 is 0 Å². The van der Waals surface area contributed by atoms with Crippen molar-refractivity contribution in [2.45, 2.75) is 31.8 Å². The van der Waals surface area contributed by atoms with Crippen molar-refractivity contribution in [2.24, 2.45) is 0 Å². The van der Waals surface area contributed by atoms with E-state index in [9.17, 15) is 33.3 Å². The number of Topliss-reactive ketones (excluding diaryl/α,β-unsaturated/α-hetero) is 1. The van der Waals surface area contributed by atoms with Gasteiger partial charge in [-0.25, -0.2) is 18.5 Å². The van der Waals surface area contributed by atoms with Gasteiger partial charge in [0.05, 0.1) is 12.7 Å². The number of phosphoric acid groups is 3. The summed E-state index contributed by atoms with van der Waals surface area (Å²) in [5, 5.41) is 9.97. The quantitative estimate of drug-likeness (QED) is 0.190. The molecule has 0 aromatic carbocycles. The number of aromatic nitrogens is 2. The van der Waals surface area contributed by atoms with Crippen LogP contribution in [0.15, 0.2) is 11.0 Å². The molecule has 1 fully saturated rings. The molecule has 1 aromatic rings. The zero-order valence-electron chi connectivity index (χ0n) is 14.4. The number of rotatable bonds is 9. The fourth-order valence-electron chi connectivity index (χ4n) is 2.31. The number of carbonyl (C=O) groups excluding carboxylic acids is 1. The first-order chi connectivity index (χ1) is 13.1. The standard InChI is InChI=1S/C10H17N2O14P3/c1-5(13)6-3-12(10(15)11-6)9-2-7(14)8(24-9)4-23-28(19,20)26-29(21,22)25-27(16,17)18/h3,7-9,14H,2,4H2,1H3,(H,11,15)(H,19,20)(H,21,22)(H2,16,17,18)/t7?,8-,9-/m1/s1. The van der Waals surface area contributed by atoms with Crippen LogP contribution >= 0.6 is 23.5 Å². The third kappa shape index (κ3) is 7.03. The summed E-state index contributed by atoms with van der Waals surface area (Å²) in [7, 11) is -16.6. The SMILES string of the molecule is CC(=O)c1cn([C@H]2CC(O)[C@@H](COP(=O)(O)OP(=O)(O)OP(=O)(O)O)O2)c(=O)[nH]1. The van der Waals surface area contributed by atoms with Gasteiger partial charge in [0, 0.05) is 19.5 Å². The van der Waals surface area contributed by atoms with Crippen LogP contribution in [-0.2, 0) is 31.6 Å². The van der Waals surface area contributed by atoms with Gasteiger partial charge < -0.3 is 34.4 Å². The van der Waals surface area contributed by atoms with Gasteiger partial charge in [0.2, 0.25) is 0 Å². The molecule has 16 nitrogen and oxygen atoms in total. The van der Waals surface area contributed by atoms with E-state index in [1.54, 1.807) is 0 Å². The third-order valence-corrected chi connectivity index (χ3v) is 7.26. The number of ether oxygens (including phenoxy) is 1. The van der Waals surface area contributed by atoms with Crippen LogP contribution in [-0.4, -0.2) is 58.8 Å². The number of aromatic amines is 1. The van der Waals surface area contributed by atoms with Crippen molar-refractivity contribution < 1.29 is 61.1 Å². The van der Waals surface area contributed by atoms with E-state index in [1.165, 1.54) is 6.92 Å². The van der Waals surface area contributed by atoms with Gasteiger partial charge in [-0.1, -0.05) is 0 Å². The van der Waals surface area contributed by atoms with Gasteiger partial charge in [0.15, 0.2) is 5.78 Å². The minimum Gasteiger partial charge on any atom is -0.390 e. The Kier molecular flexibility index (Phi) is 7.23. The second-order valence-electron chi connectivity index (χ2n) is 5.76. The van der Waals surface area contributed by atoms with Gasteiger partial charge in [0.25, 0.3) is 0 Å². The van der Waals surface area contributed by atoms with Crippen molar-refractivity contribution in [1.29, 1.82) is 0 Å². The van der Waals surface area contributed by atoms with E-state index in [2.05, 4.69) is 18.1 Å². The van der Waals surface area contributed by atoms with E-state index in [1.807, 2.05) is 0 Å². The second-order valence-corrected chi connectivity index (χ2v) is 10.2. The first-order valence-corrected chi connectivity index (χ1v) is 12.0. The molecule has 2 rings (SSSR count). The molecular weight excluding hydrogens is 465 g/mol. The third-order valence-electron chi connectivity index (χ3n) is 3.46. The summed E-state index contributed by atoms with van der Waals surface area (Å²) in [6, 6.07) is 0. The van der Waals surface area contributed by atoms with Crippen LogP contribution in [0.1, 0.15) is 30.1 Å². The predicted octanol–water partition coefficient (Wildman–Crippen LogP) is -0.629. The number of phosphoric ester groups is 1. The van der Waals surface area contributed by atoms with Crippen LogP contribution in [0, 0.1) is 0 Å². The maximum atomic E-state index is 11.9. The Morgan fingerprint density at radius 3 is 2.38 bits per heavy atom. The number of aliphatic hydroxyl groups is 1. The maximum Gasteiger partial charge on any atom is 0.490 e. The highest BCUT2D eigenvalue weighted by Crippen LogP contribution is 2.66. The van der Waals surface area contributed by atoms with Crippen molar-refractivity contribution in [2.75, 3.05) is 6.61 Å². The average Bonchev–Trinajstić information content (AvgIpc) is 3.04. The molecule has 0 aliphatic carbocycles. The van der Waals surface area contributed by atoms with Crippen molar-refractivity contribution in [3.05, 3.63) is 22.4 Å². The van der Waals surface area contributed by atoms with Gasteiger partial charge in [0.1, 0.15) is 18.0 Å². The minimum absolute atomic E-state index is 0.00944. The zero-order chi connectivity index (χ0) is 22.2. The van der Waals surface area contributed by atoms with Crippen LogP contribution in [0.4, 0.5) is 0 Å². The molecule has 19 heteroatoms. The molecular formula is C10H17N2O14P3. The van der Waals surface area contributed by atoms with E-state index in [0.29, 0.717) is 0 Å². The molecule has 2 heterocycles. The number of nitrogens with one attached hydrogen (secondary N) is 1. The number of carbonyl (C=O) groups is 1. The highest BCUT2D eigenvalue weighted by molar-refractivity contribution is 7.66. The van der Waals surface area contributed by atoms with Crippen LogP contribution in [0.3, 0.4) is 0 Å². The van der Waals surface area contributed by atoms with Gasteiger partial charge in [-0.05, 0) is 0 Å². The molecule has 0 amide bonds. The molecule has 6 N–H and O–H groups in total. The summed E-state index contributed by atoms with van der Waals surface area (Å²) >= 11 is 0. The Labute approximate surface area is 161 Å². The Morgan fingerprint density at radius 1 is 1.24 bits per heavy atom. The molecule has 0 radical (unpaired) electrons. The topological polar surface area (TPSA) is 244 Å². The van der Waals surface area contributed by atoms with Gasteiger partial charge in [-0.2, -0.15) is 8.62 Å². The molecule has 1 aliphatic rings. The lowest BCUT2D eigenvalue weighted by Gasteiger charge is -2.19. The first-order valence-electron chi connectivity index (χ1n) is 7.52. The average molecular weight is 482 g/mol. The lowest BCUT2D eigenvalue weighted by Crippen LogP contribution is -2.26.